The van der Waals surface area contributed by atoms with Gasteiger partial charge < -0.3 is 4.74 Å². The predicted octanol–water partition coefficient (Wildman–Crippen LogP) is 0.818. The summed E-state index contributed by atoms with van der Waals surface area (Å²) >= 11 is 0. The van der Waals surface area contributed by atoms with E-state index in [1.54, 1.807) is 0 Å². The van der Waals surface area contributed by atoms with Crippen molar-refractivity contribution in [2.75, 3.05) is 6.61 Å². The number of rotatable bonds is 6. The molecule has 0 fully saturated rings. The standard InChI is InChI=1S/C9H20N2O2/c1-7(2)6-8(3)13-5-4-9(12)11-10/h7-8H,4-6,10H2,1-3H3,(H,11,12). The van der Waals surface area contributed by atoms with E-state index in [1.807, 2.05) is 6.92 Å². The largest absolute Gasteiger partial charge is 0.378 e. The summed E-state index contributed by atoms with van der Waals surface area (Å²) in [6.45, 7) is 6.75. The lowest BCUT2D eigenvalue weighted by Gasteiger charge is -2.14. The first-order chi connectivity index (χ1) is 6.06. The fourth-order valence-electron chi connectivity index (χ4n) is 1.16. The molecule has 0 aromatic carbocycles. The van der Waals surface area contributed by atoms with Gasteiger partial charge in [-0.2, -0.15) is 0 Å². The van der Waals surface area contributed by atoms with Gasteiger partial charge in [0.1, 0.15) is 0 Å². The number of nitrogens with two attached hydrogens (primary N) is 1. The van der Waals surface area contributed by atoms with E-state index in [1.165, 1.54) is 0 Å². The van der Waals surface area contributed by atoms with Crippen LogP contribution in [0.3, 0.4) is 0 Å². The van der Waals surface area contributed by atoms with Crippen LogP contribution in [0.4, 0.5) is 0 Å². The van der Waals surface area contributed by atoms with Crippen molar-refractivity contribution in [1.82, 2.24) is 5.43 Å². The van der Waals surface area contributed by atoms with Gasteiger partial charge >= 0.3 is 0 Å². The SMILES string of the molecule is CC(C)CC(C)OCCC(=O)NN. The minimum Gasteiger partial charge on any atom is -0.378 e. The second-order valence-corrected chi connectivity index (χ2v) is 3.63. The average Bonchev–Trinajstić information content (AvgIpc) is 2.02. The molecule has 13 heavy (non-hydrogen) atoms. The first-order valence-corrected chi connectivity index (χ1v) is 4.67. The summed E-state index contributed by atoms with van der Waals surface area (Å²) in [7, 11) is 0. The molecule has 0 saturated heterocycles. The Kier molecular flexibility index (Phi) is 6.54. The molecule has 0 radical (unpaired) electrons. The molecule has 0 aliphatic carbocycles. The maximum absolute atomic E-state index is 10.7. The van der Waals surface area contributed by atoms with Crippen molar-refractivity contribution in [2.24, 2.45) is 11.8 Å². The number of carbonyl (C=O) groups is 1. The highest BCUT2D eigenvalue weighted by Gasteiger charge is 2.05. The molecule has 0 aromatic rings. The number of hydrogen-bond acceptors (Lipinski definition) is 3. The lowest BCUT2D eigenvalue weighted by molar-refractivity contribution is -0.122. The predicted molar refractivity (Wildman–Crippen MR) is 51.8 cm³/mol. The maximum Gasteiger partial charge on any atom is 0.236 e. The molecule has 4 heteroatoms. The minimum absolute atomic E-state index is 0.184. The smallest absolute Gasteiger partial charge is 0.236 e. The van der Waals surface area contributed by atoms with E-state index in [4.69, 9.17) is 10.6 Å². The Labute approximate surface area is 79.8 Å². The van der Waals surface area contributed by atoms with Gasteiger partial charge in [-0.15, -0.1) is 0 Å². The monoisotopic (exact) mass is 188 g/mol. The lowest BCUT2D eigenvalue weighted by Crippen LogP contribution is -2.31. The van der Waals surface area contributed by atoms with Crippen LogP contribution in [0.25, 0.3) is 0 Å². The fraction of sp³-hybridized carbons (Fsp3) is 0.889. The third-order valence-electron chi connectivity index (χ3n) is 1.70. The van der Waals surface area contributed by atoms with E-state index in [-0.39, 0.29) is 12.0 Å². The second kappa shape index (κ2) is 6.86. The van der Waals surface area contributed by atoms with Crippen LogP contribution in [-0.4, -0.2) is 18.6 Å². The van der Waals surface area contributed by atoms with Crippen LogP contribution in [-0.2, 0) is 9.53 Å². The van der Waals surface area contributed by atoms with Crippen LogP contribution in [0.15, 0.2) is 0 Å². The van der Waals surface area contributed by atoms with Crippen molar-refractivity contribution in [3.05, 3.63) is 0 Å². The zero-order chi connectivity index (χ0) is 10.3. The van der Waals surface area contributed by atoms with Gasteiger partial charge in [0.2, 0.25) is 5.91 Å². The molecule has 0 aliphatic heterocycles. The number of hydrazine groups is 1. The molecule has 0 aliphatic rings. The molecule has 0 spiro atoms. The zero-order valence-electron chi connectivity index (χ0n) is 8.67. The normalized spacial score (nSPS) is 13.0. The Morgan fingerprint density at radius 2 is 2.08 bits per heavy atom. The molecule has 0 bridgehead atoms. The summed E-state index contributed by atoms with van der Waals surface area (Å²) in [5, 5.41) is 0. The summed E-state index contributed by atoms with van der Waals surface area (Å²) in [6, 6.07) is 0. The number of ether oxygens (including phenoxy) is 1. The first kappa shape index (κ1) is 12.4. The molecular weight excluding hydrogens is 168 g/mol. The molecule has 1 atom stereocenters. The molecule has 1 amide bonds. The van der Waals surface area contributed by atoms with Crippen LogP contribution in [0, 0.1) is 5.92 Å². The quantitative estimate of drug-likeness (QED) is 0.368. The second-order valence-electron chi connectivity index (χ2n) is 3.63. The molecule has 1 unspecified atom stereocenters. The summed E-state index contributed by atoms with van der Waals surface area (Å²) < 4.78 is 5.41. The van der Waals surface area contributed by atoms with Crippen LogP contribution in [0.5, 0.6) is 0 Å². The number of amides is 1. The summed E-state index contributed by atoms with van der Waals surface area (Å²) in [4.78, 5) is 10.7. The zero-order valence-corrected chi connectivity index (χ0v) is 8.67. The van der Waals surface area contributed by atoms with Crippen LogP contribution < -0.4 is 11.3 Å². The van der Waals surface area contributed by atoms with Gasteiger partial charge in [0.25, 0.3) is 0 Å². The molecule has 0 heterocycles. The Balaban J connectivity index is 3.36. The molecular formula is C9H20N2O2. The molecule has 3 N–H and O–H groups in total. The van der Waals surface area contributed by atoms with Gasteiger partial charge in [-0.25, -0.2) is 5.84 Å². The molecule has 78 valence electrons. The molecule has 4 nitrogen and oxygen atoms in total. The van der Waals surface area contributed by atoms with Crippen LogP contribution in [0.2, 0.25) is 0 Å². The third kappa shape index (κ3) is 7.74. The van der Waals surface area contributed by atoms with Crippen LogP contribution >= 0.6 is 0 Å². The van der Waals surface area contributed by atoms with Gasteiger partial charge in [0.05, 0.1) is 19.1 Å². The topological polar surface area (TPSA) is 64.3 Å². The van der Waals surface area contributed by atoms with E-state index >= 15 is 0 Å². The van der Waals surface area contributed by atoms with Crippen molar-refractivity contribution in [3.8, 4) is 0 Å². The number of hydrogen-bond donors (Lipinski definition) is 2. The van der Waals surface area contributed by atoms with Crippen molar-refractivity contribution >= 4 is 5.91 Å². The van der Waals surface area contributed by atoms with Gasteiger partial charge in [-0.1, -0.05) is 13.8 Å². The van der Waals surface area contributed by atoms with E-state index in [0.29, 0.717) is 18.9 Å². The van der Waals surface area contributed by atoms with Gasteiger partial charge in [-0.3, -0.25) is 10.2 Å². The van der Waals surface area contributed by atoms with Gasteiger partial charge in [0, 0.05) is 0 Å². The lowest BCUT2D eigenvalue weighted by atomic mass is 10.1. The van der Waals surface area contributed by atoms with E-state index < -0.39 is 0 Å². The maximum atomic E-state index is 10.7. The van der Waals surface area contributed by atoms with Gasteiger partial charge in [-0.05, 0) is 19.3 Å². The van der Waals surface area contributed by atoms with Crippen molar-refractivity contribution < 1.29 is 9.53 Å². The van der Waals surface area contributed by atoms with E-state index in [9.17, 15) is 4.79 Å². The Hall–Kier alpha value is -0.610. The summed E-state index contributed by atoms with van der Waals surface area (Å²) in [5.41, 5.74) is 2.06. The molecule has 0 aromatic heterocycles. The Bertz CT molecular complexity index is 149. The highest BCUT2D eigenvalue weighted by molar-refractivity contribution is 5.75. The fourth-order valence-corrected chi connectivity index (χ4v) is 1.16. The van der Waals surface area contributed by atoms with Crippen molar-refractivity contribution in [1.29, 1.82) is 0 Å². The van der Waals surface area contributed by atoms with Gasteiger partial charge in [0.15, 0.2) is 0 Å². The van der Waals surface area contributed by atoms with Crippen molar-refractivity contribution in [2.45, 2.75) is 39.7 Å². The van der Waals surface area contributed by atoms with Crippen molar-refractivity contribution in [3.63, 3.8) is 0 Å². The summed E-state index contributed by atoms with van der Waals surface area (Å²) in [5.74, 6) is 5.35. The highest BCUT2D eigenvalue weighted by atomic mass is 16.5. The van der Waals surface area contributed by atoms with E-state index in [0.717, 1.165) is 6.42 Å². The third-order valence-corrected chi connectivity index (χ3v) is 1.70. The first-order valence-electron chi connectivity index (χ1n) is 4.67. The number of carbonyl (C=O) groups excluding carboxylic acids is 1. The molecule has 0 rings (SSSR count). The Morgan fingerprint density at radius 1 is 1.46 bits per heavy atom. The Morgan fingerprint density at radius 3 is 2.54 bits per heavy atom. The van der Waals surface area contributed by atoms with Crippen LogP contribution in [0.1, 0.15) is 33.6 Å². The molecule has 0 saturated carbocycles. The summed E-state index contributed by atoms with van der Waals surface area (Å²) in [6.07, 6.45) is 1.56. The van der Waals surface area contributed by atoms with E-state index in [2.05, 4.69) is 19.3 Å². The average molecular weight is 188 g/mol. The minimum atomic E-state index is -0.184. The number of nitrogens with one attached hydrogen (secondary N) is 1. The highest BCUT2D eigenvalue weighted by Crippen LogP contribution is 2.07.